The van der Waals surface area contributed by atoms with Crippen molar-refractivity contribution in [2.75, 3.05) is 5.73 Å². The largest absolute Gasteiger partial charge is 0.383 e. The molecule has 0 spiro atoms. The molecule has 30 heavy (non-hydrogen) atoms. The average Bonchev–Trinajstić information content (AvgIpc) is 3.16. The Morgan fingerprint density at radius 2 is 1.83 bits per heavy atom. The molecule has 0 saturated heterocycles. The summed E-state index contributed by atoms with van der Waals surface area (Å²) in [5.74, 6) is 1.13. The van der Waals surface area contributed by atoms with Crippen molar-refractivity contribution in [3.05, 3.63) is 84.2 Å². The lowest BCUT2D eigenvalue weighted by atomic mass is 10.1. The van der Waals surface area contributed by atoms with E-state index in [1.807, 2.05) is 85.2 Å². The van der Waals surface area contributed by atoms with E-state index in [-0.39, 0.29) is 0 Å². The second-order valence-corrected chi connectivity index (χ2v) is 6.86. The normalized spacial score (nSPS) is 12.2. The maximum Gasteiger partial charge on any atom is 0.165 e. The summed E-state index contributed by atoms with van der Waals surface area (Å²) in [5.41, 5.74) is 18.2. The summed E-state index contributed by atoms with van der Waals surface area (Å²) < 4.78 is 2.02. The number of hydrogen-bond donors (Lipinski definition) is 2. The number of pyridine rings is 2. The number of rotatable bonds is 5. The van der Waals surface area contributed by atoms with Gasteiger partial charge in [-0.1, -0.05) is 30.4 Å². The molecular weight excluding hydrogens is 372 g/mol. The second kappa shape index (κ2) is 8.31. The second-order valence-electron chi connectivity index (χ2n) is 6.86. The molecule has 150 valence electrons. The number of aromatic nitrogens is 4. The molecule has 0 atom stereocenters. The van der Waals surface area contributed by atoms with Gasteiger partial charge in [-0.25, -0.2) is 15.0 Å². The van der Waals surface area contributed by atoms with Crippen LogP contribution in [0.4, 0.5) is 5.82 Å². The van der Waals surface area contributed by atoms with E-state index in [1.54, 1.807) is 6.20 Å². The third kappa shape index (κ3) is 3.49. The number of anilines is 1. The zero-order valence-electron chi connectivity index (χ0n) is 17.1. The Labute approximate surface area is 175 Å². The van der Waals surface area contributed by atoms with E-state index in [4.69, 9.17) is 21.4 Å². The van der Waals surface area contributed by atoms with Crippen LogP contribution >= 0.6 is 0 Å². The molecule has 6 nitrogen and oxygen atoms in total. The number of nitrogen functional groups attached to an aromatic ring is 1. The van der Waals surface area contributed by atoms with Crippen LogP contribution in [0.2, 0.25) is 0 Å². The molecular formula is C24H24N6. The third-order valence-electron chi connectivity index (χ3n) is 4.97. The van der Waals surface area contributed by atoms with Crippen molar-refractivity contribution in [1.82, 2.24) is 19.5 Å². The molecule has 1 aromatic carbocycles. The molecule has 6 heteroatoms. The Kier molecular flexibility index (Phi) is 5.41. The van der Waals surface area contributed by atoms with Gasteiger partial charge in [0.25, 0.3) is 0 Å². The van der Waals surface area contributed by atoms with E-state index >= 15 is 0 Å². The van der Waals surface area contributed by atoms with Crippen LogP contribution in [-0.4, -0.2) is 19.5 Å². The maximum absolute atomic E-state index is 6.19. The fourth-order valence-corrected chi connectivity index (χ4v) is 3.44. The first kappa shape index (κ1) is 19.5. The van der Waals surface area contributed by atoms with Gasteiger partial charge >= 0.3 is 0 Å². The minimum atomic E-state index is 0.427. The summed E-state index contributed by atoms with van der Waals surface area (Å²) in [6.07, 6.45) is 7.77. The van der Waals surface area contributed by atoms with Crippen LogP contribution in [0.15, 0.2) is 73.0 Å². The van der Waals surface area contributed by atoms with Gasteiger partial charge in [0.05, 0.1) is 11.3 Å². The van der Waals surface area contributed by atoms with E-state index in [0.717, 1.165) is 39.2 Å². The van der Waals surface area contributed by atoms with E-state index in [2.05, 4.69) is 4.98 Å². The van der Waals surface area contributed by atoms with Crippen LogP contribution in [-0.2, 0) is 6.54 Å². The Morgan fingerprint density at radius 1 is 1.03 bits per heavy atom. The van der Waals surface area contributed by atoms with E-state index in [0.29, 0.717) is 18.2 Å². The number of fused-ring (bicyclic) bond motifs is 1. The number of nitrogens with two attached hydrogens (primary N) is 2. The number of imidazole rings is 1. The highest BCUT2D eigenvalue weighted by Crippen LogP contribution is 2.31. The topological polar surface area (TPSA) is 95.6 Å². The molecule has 0 radical (unpaired) electrons. The van der Waals surface area contributed by atoms with Crippen molar-refractivity contribution >= 4 is 22.6 Å². The number of benzene rings is 1. The predicted molar refractivity (Wildman–Crippen MR) is 123 cm³/mol. The highest BCUT2D eigenvalue weighted by molar-refractivity contribution is 5.85. The van der Waals surface area contributed by atoms with Crippen molar-refractivity contribution in [3.8, 4) is 17.1 Å². The summed E-state index contributed by atoms with van der Waals surface area (Å²) >= 11 is 0. The summed E-state index contributed by atoms with van der Waals surface area (Å²) in [6, 6.07) is 15.8. The van der Waals surface area contributed by atoms with Crippen LogP contribution in [0.1, 0.15) is 25.1 Å². The van der Waals surface area contributed by atoms with Crippen LogP contribution in [0.5, 0.6) is 0 Å². The van der Waals surface area contributed by atoms with Gasteiger partial charge in [-0.3, -0.25) is 4.57 Å². The van der Waals surface area contributed by atoms with Gasteiger partial charge < -0.3 is 11.5 Å². The van der Waals surface area contributed by atoms with Crippen molar-refractivity contribution in [2.24, 2.45) is 5.73 Å². The molecule has 3 heterocycles. The van der Waals surface area contributed by atoms with Gasteiger partial charge in [0.1, 0.15) is 11.3 Å². The summed E-state index contributed by atoms with van der Waals surface area (Å²) in [7, 11) is 0. The Hall–Kier alpha value is -3.77. The molecule has 0 aliphatic heterocycles. The Bertz CT molecular complexity index is 1250. The lowest BCUT2D eigenvalue weighted by molar-refractivity contribution is 1.04. The molecule has 0 saturated carbocycles. The van der Waals surface area contributed by atoms with Gasteiger partial charge in [-0.15, -0.1) is 0 Å². The Morgan fingerprint density at radius 3 is 2.50 bits per heavy atom. The molecule has 0 aliphatic carbocycles. The molecule has 4 rings (SSSR count). The first-order valence-electron chi connectivity index (χ1n) is 9.85. The zero-order chi connectivity index (χ0) is 21.1. The summed E-state index contributed by atoms with van der Waals surface area (Å²) in [4.78, 5) is 14.0. The summed E-state index contributed by atoms with van der Waals surface area (Å²) in [6.45, 7) is 4.49. The molecule has 4 aromatic rings. The van der Waals surface area contributed by atoms with Crippen molar-refractivity contribution in [2.45, 2.75) is 20.4 Å². The van der Waals surface area contributed by atoms with Gasteiger partial charge in [0, 0.05) is 18.4 Å². The van der Waals surface area contributed by atoms with Crippen LogP contribution in [0, 0.1) is 0 Å². The SMILES string of the molecule is C/C=C\C(=C/C)c1ccc2nc(-c3cccnc3N)n(-c3ccc(CN)cc3)c2n1. The molecule has 3 aromatic heterocycles. The number of allylic oxidation sites excluding steroid dienone is 4. The molecule has 0 aliphatic rings. The highest BCUT2D eigenvalue weighted by Gasteiger charge is 2.18. The standard InChI is InChI=1S/C24H24N6/c1-3-6-17(4-2)20-12-13-21-24(28-20)30(18-10-8-16(15-25)9-11-18)23(29-21)19-7-5-14-27-22(19)26/h3-14H,15,25H2,1-2H3,(H2,26,27)/b6-3-,17-4+. The van der Waals surface area contributed by atoms with Gasteiger partial charge in [0.2, 0.25) is 0 Å². The average molecular weight is 396 g/mol. The summed E-state index contributed by atoms with van der Waals surface area (Å²) in [5, 5.41) is 0. The van der Waals surface area contributed by atoms with E-state index in [9.17, 15) is 0 Å². The minimum absolute atomic E-state index is 0.427. The molecule has 4 N–H and O–H groups in total. The van der Waals surface area contributed by atoms with E-state index < -0.39 is 0 Å². The predicted octanol–water partition coefficient (Wildman–Crippen LogP) is 4.50. The van der Waals surface area contributed by atoms with Crippen molar-refractivity contribution in [1.29, 1.82) is 0 Å². The highest BCUT2D eigenvalue weighted by atomic mass is 15.1. The van der Waals surface area contributed by atoms with E-state index in [1.165, 1.54) is 0 Å². The smallest absolute Gasteiger partial charge is 0.165 e. The zero-order valence-corrected chi connectivity index (χ0v) is 17.1. The van der Waals surface area contributed by atoms with Gasteiger partial charge in [-0.05, 0) is 61.4 Å². The monoisotopic (exact) mass is 396 g/mol. The van der Waals surface area contributed by atoms with Crippen LogP contribution in [0.25, 0.3) is 33.8 Å². The maximum atomic E-state index is 6.19. The Balaban J connectivity index is 2.02. The van der Waals surface area contributed by atoms with Crippen LogP contribution < -0.4 is 11.5 Å². The first-order valence-corrected chi connectivity index (χ1v) is 9.85. The van der Waals surface area contributed by atoms with Gasteiger partial charge in [-0.2, -0.15) is 0 Å². The fourth-order valence-electron chi connectivity index (χ4n) is 3.44. The first-order chi connectivity index (χ1) is 14.7. The quantitative estimate of drug-likeness (QED) is 0.484. The van der Waals surface area contributed by atoms with Crippen molar-refractivity contribution < 1.29 is 0 Å². The van der Waals surface area contributed by atoms with Gasteiger partial charge in [0.15, 0.2) is 11.5 Å². The number of nitrogens with zero attached hydrogens (tertiary/aromatic N) is 4. The van der Waals surface area contributed by atoms with Crippen molar-refractivity contribution in [3.63, 3.8) is 0 Å². The minimum Gasteiger partial charge on any atom is -0.383 e. The molecule has 0 amide bonds. The lowest BCUT2D eigenvalue weighted by Crippen LogP contribution is -2.03. The lowest BCUT2D eigenvalue weighted by Gasteiger charge is -2.11. The molecule has 0 unspecified atom stereocenters. The van der Waals surface area contributed by atoms with Crippen LogP contribution in [0.3, 0.4) is 0 Å². The molecule has 0 bridgehead atoms. The third-order valence-corrected chi connectivity index (χ3v) is 4.97. The molecule has 0 fully saturated rings. The number of hydrogen-bond acceptors (Lipinski definition) is 5. The fraction of sp³-hybridized carbons (Fsp3) is 0.125.